The van der Waals surface area contributed by atoms with Gasteiger partial charge in [0, 0.05) is 6.42 Å². The summed E-state index contributed by atoms with van der Waals surface area (Å²) in [4.78, 5) is 5.27. The Morgan fingerprint density at radius 1 is 1.29 bits per heavy atom. The minimum atomic E-state index is -0.560. The standard InChI is InChI=1S/C11H9N3OS2/c15-8(10-6-12-14-17-10)5-11-13-7-3-1-2-4-9(7)16-11/h1-4,6,8,15H,5H2. The van der Waals surface area contributed by atoms with Crippen LogP contribution in [-0.4, -0.2) is 19.7 Å². The fourth-order valence-electron chi connectivity index (χ4n) is 1.59. The van der Waals surface area contributed by atoms with Crippen molar-refractivity contribution in [3.05, 3.63) is 40.3 Å². The van der Waals surface area contributed by atoms with Gasteiger partial charge in [0.05, 0.1) is 32.4 Å². The second-order valence-electron chi connectivity index (χ2n) is 3.62. The molecule has 0 aliphatic carbocycles. The third-order valence-electron chi connectivity index (χ3n) is 2.41. The van der Waals surface area contributed by atoms with E-state index in [2.05, 4.69) is 14.6 Å². The van der Waals surface area contributed by atoms with Crippen molar-refractivity contribution >= 4 is 33.1 Å². The minimum absolute atomic E-state index is 0.517. The van der Waals surface area contributed by atoms with Crippen molar-refractivity contribution < 1.29 is 5.11 Å². The third-order valence-corrected chi connectivity index (χ3v) is 4.24. The first-order valence-corrected chi connectivity index (χ1v) is 6.71. The number of benzene rings is 1. The lowest BCUT2D eigenvalue weighted by Gasteiger charge is -2.03. The summed E-state index contributed by atoms with van der Waals surface area (Å²) in [5.74, 6) is 0. The van der Waals surface area contributed by atoms with Gasteiger partial charge in [0.1, 0.15) is 0 Å². The Morgan fingerprint density at radius 3 is 2.94 bits per heavy atom. The van der Waals surface area contributed by atoms with Crippen LogP contribution in [0, 0.1) is 0 Å². The first-order chi connectivity index (χ1) is 8.33. The predicted octanol–water partition coefficient (Wildman–Crippen LogP) is 2.42. The first kappa shape index (κ1) is 10.8. The lowest BCUT2D eigenvalue weighted by Crippen LogP contribution is -1.98. The molecule has 0 aliphatic rings. The maximum atomic E-state index is 9.99. The van der Waals surface area contributed by atoms with Crippen molar-refractivity contribution in [3.8, 4) is 0 Å². The van der Waals surface area contributed by atoms with Crippen molar-refractivity contribution in [1.29, 1.82) is 0 Å². The molecule has 86 valence electrons. The highest BCUT2D eigenvalue weighted by Crippen LogP contribution is 2.26. The maximum absolute atomic E-state index is 9.99. The van der Waals surface area contributed by atoms with E-state index in [1.807, 2.05) is 24.3 Å². The van der Waals surface area contributed by atoms with Crippen molar-refractivity contribution in [3.63, 3.8) is 0 Å². The molecule has 17 heavy (non-hydrogen) atoms. The molecule has 3 rings (SSSR count). The van der Waals surface area contributed by atoms with Crippen LogP contribution in [0.2, 0.25) is 0 Å². The number of para-hydroxylation sites is 1. The Labute approximate surface area is 106 Å². The van der Waals surface area contributed by atoms with Crippen LogP contribution >= 0.6 is 22.9 Å². The Hall–Kier alpha value is -1.37. The van der Waals surface area contributed by atoms with Gasteiger partial charge in [-0.15, -0.1) is 16.4 Å². The number of hydrogen-bond donors (Lipinski definition) is 1. The van der Waals surface area contributed by atoms with Gasteiger partial charge in [0.25, 0.3) is 0 Å². The highest BCUT2D eigenvalue weighted by molar-refractivity contribution is 7.18. The average Bonchev–Trinajstić information content (AvgIpc) is 2.97. The van der Waals surface area contributed by atoms with Crippen LogP contribution < -0.4 is 0 Å². The Balaban J connectivity index is 1.85. The molecule has 2 aromatic heterocycles. The first-order valence-electron chi connectivity index (χ1n) is 5.13. The van der Waals surface area contributed by atoms with Crippen LogP contribution in [0.5, 0.6) is 0 Å². The molecule has 0 radical (unpaired) electrons. The number of aliphatic hydroxyl groups is 1. The Morgan fingerprint density at radius 2 is 2.18 bits per heavy atom. The molecule has 3 aromatic rings. The van der Waals surface area contributed by atoms with Crippen LogP contribution in [0.4, 0.5) is 0 Å². The number of fused-ring (bicyclic) bond motifs is 1. The summed E-state index contributed by atoms with van der Waals surface area (Å²) in [5.41, 5.74) is 0.988. The molecule has 6 heteroatoms. The van der Waals surface area contributed by atoms with Gasteiger partial charge in [0.15, 0.2) is 0 Å². The van der Waals surface area contributed by atoms with Gasteiger partial charge >= 0.3 is 0 Å². The summed E-state index contributed by atoms with van der Waals surface area (Å²) in [6.07, 6.45) is 1.56. The summed E-state index contributed by atoms with van der Waals surface area (Å²) >= 11 is 2.84. The predicted molar refractivity (Wildman–Crippen MR) is 68.2 cm³/mol. The van der Waals surface area contributed by atoms with E-state index < -0.39 is 6.10 Å². The average molecular weight is 263 g/mol. The highest BCUT2D eigenvalue weighted by Gasteiger charge is 2.13. The molecule has 1 unspecified atom stereocenters. The normalized spacial score (nSPS) is 13.0. The number of rotatable bonds is 3. The smallest absolute Gasteiger partial charge is 0.0977 e. The molecule has 0 bridgehead atoms. The zero-order valence-corrected chi connectivity index (χ0v) is 10.4. The minimum Gasteiger partial charge on any atom is -0.387 e. The molecule has 1 atom stereocenters. The molecule has 4 nitrogen and oxygen atoms in total. The zero-order valence-electron chi connectivity index (χ0n) is 8.78. The van der Waals surface area contributed by atoms with E-state index in [4.69, 9.17) is 0 Å². The lowest BCUT2D eigenvalue weighted by atomic mass is 10.2. The number of aliphatic hydroxyl groups excluding tert-OH is 1. The Bertz CT molecular complexity index is 587. The van der Waals surface area contributed by atoms with Crippen molar-refractivity contribution in [2.45, 2.75) is 12.5 Å². The largest absolute Gasteiger partial charge is 0.387 e. The van der Waals surface area contributed by atoms with E-state index in [1.54, 1.807) is 17.5 Å². The SMILES string of the molecule is OC(Cc1nc2ccccc2s1)c1cnns1. The van der Waals surface area contributed by atoms with Crippen LogP contribution in [-0.2, 0) is 6.42 Å². The summed E-state index contributed by atoms with van der Waals surface area (Å²) in [7, 11) is 0. The van der Waals surface area contributed by atoms with E-state index in [0.29, 0.717) is 6.42 Å². The zero-order chi connectivity index (χ0) is 11.7. The van der Waals surface area contributed by atoms with Gasteiger partial charge in [0.2, 0.25) is 0 Å². The van der Waals surface area contributed by atoms with E-state index >= 15 is 0 Å². The Kier molecular flexibility index (Phi) is 2.84. The van der Waals surface area contributed by atoms with Gasteiger partial charge < -0.3 is 5.11 Å². The summed E-state index contributed by atoms with van der Waals surface area (Å²) in [6.45, 7) is 0. The van der Waals surface area contributed by atoms with E-state index in [0.717, 1.165) is 20.1 Å². The summed E-state index contributed by atoms with van der Waals surface area (Å²) in [6, 6.07) is 7.98. The van der Waals surface area contributed by atoms with Gasteiger partial charge in [-0.3, -0.25) is 0 Å². The van der Waals surface area contributed by atoms with Crippen LogP contribution in [0.25, 0.3) is 10.2 Å². The molecule has 0 fully saturated rings. The van der Waals surface area contributed by atoms with Crippen molar-refractivity contribution in [2.24, 2.45) is 0 Å². The number of nitrogens with zero attached hydrogens (tertiary/aromatic N) is 3. The van der Waals surface area contributed by atoms with Crippen LogP contribution in [0.15, 0.2) is 30.5 Å². The monoisotopic (exact) mass is 263 g/mol. The molecular weight excluding hydrogens is 254 g/mol. The van der Waals surface area contributed by atoms with Gasteiger partial charge in [-0.2, -0.15) is 0 Å². The second kappa shape index (κ2) is 4.48. The molecule has 0 saturated carbocycles. The molecule has 1 N–H and O–H groups in total. The quantitative estimate of drug-likeness (QED) is 0.788. The van der Waals surface area contributed by atoms with Gasteiger partial charge in [-0.1, -0.05) is 16.6 Å². The molecule has 0 amide bonds. The van der Waals surface area contributed by atoms with Crippen LogP contribution in [0.3, 0.4) is 0 Å². The molecule has 1 aromatic carbocycles. The van der Waals surface area contributed by atoms with E-state index in [1.165, 1.54) is 11.5 Å². The van der Waals surface area contributed by atoms with Crippen molar-refractivity contribution in [1.82, 2.24) is 14.6 Å². The summed E-state index contributed by atoms with van der Waals surface area (Å²) in [5, 5.41) is 14.6. The number of thiazole rings is 1. The fraction of sp³-hybridized carbons (Fsp3) is 0.182. The van der Waals surface area contributed by atoms with Crippen molar-refractivity contribution in [2.75, 3.05) is 0 Å². The molecular formula is C11H9N3OS2. The number of aromatic nitrogens is 3. The third kappa shape index (κ3) is 2.19. The number of hydrogen-bond acceptors (Lipinski definition) is 6. The van der Waals surface area contributed by atoms with Crippen LogP contribution in [0.1, 0.15) is 16.0 Å². The lowest BCUT2D eigenvalue weighted by molar-refractivity contribution is 0.182. The maximum Gasteiger partial charge on any atom is 0.0977 e. The molecule has 0 aliphatic heterocycles. The summed E-state index contributed by atoms with van der Waals surface area (Å²) < 4.78 is 4.89. The molecule has 0 saturated heterocycles. The second-order valence-corrected chi connectivity index (χ2v) is 5.55. The van der Waals surface area contributed by atoms with Gasteiger partial charge in [-0.25, -0.2) is 4.98 Å². The molecule has 0 spiro atoms. The van der Waals surface area contributed by atoms with E-state index in [9.17, 15) is 5.11 Å². The fourth-order valence-corrected chi connectivity index (χ4v) is 3.09. The molecule has 2 heterocycles. The van der Waals surface area contributed by atoms with Gasteiger partial charge in [-0.05, 0) is 23.7 Å². The highest BCUT2D eigenvalue weighted by atomic mass is 32.1. The van der Waals surface area contributed by atoms with E-state index in [-0.39, 0.29) is 0 Å². The topological polar surface area (TPSA) is 58.9 Å².